The molecule has 0 aliphatic rings. The van der Waals surface area contributed by atoms with E-state index in [1.165, 1.54) is 6.08 Å². The number of azide groups is 1. The summed E-state index contributed by atoms with van der Waals surface area (Å²) in [5.74, 6) is 0.125. The van der Waals surface area contributed by atoms with Gasteiger partial charge in [-0.2, -0.15) is 0 Å². The predicted molar refractivity (Wildman–Crippen MR) is 60.9 cm³/mol. The molecule has 0 spiro atoms. The lowest BCUT2D eigenvalue weighted by atomic mass is 10.1. The van der Waals surface area contributed by atoms with Gasteiger partial charge < -0.3 is 4.74 Å². The van der Waals surface area contributed by atoms with Gasteiger partial charge in [0.15, 0.2) is 0 Å². The Hall–Kier alpha value is -2.26. The van der Waals surface area contributed by atoms with Crippen molar-refractivity contribution in [3.63, 3.8) is 0 Å². The smallest absolute Gasteiger partial charge is 0.242 e. The molecule has 16 heavy (non-hydrogen) atoms. The lowest BCUT2D eigenvalue weighted by Crippen LogP contribution is -1.88. The summed E-state index contributed by atoms with van der Waals surface area (Å²) in [7, 11) is 1.58. The molecule has 5 heteroatoms. The standard InChI is InChI=1S/C11H11N3O2/c1-8-3-4-9(7-10(8)16-2)5-6-11(15)13-14-12/h3-7H,1-2H3/b6-5+. The lowest BCUT2D eigenvalue weighted by Gasteiger charge is -2.04. The van der Waals surface area contributed by atoms with Crippen molar-refractivity contribution < 1.29 is 9.53 Å². The number of amides is 1. The Morgan fingerprint density at radius 1 is 1.56 bits per heavy atom. The van der Waals surface area contributed by atoms with Gasteiger partial charge in [-0.15, -0.1) is 0 Å². The van der Waals surface area contributed by atoms with Crippen molar-refractivity contribution in [2.24, 2.45) is 5.11 Å². The molecule has 0 aromatic heterocycles. The molecule has 82 valence electrons. The fraction of sp³-hybridized carbons (Fsp3) is 0.182. The second-order valence-electron chi connectivity index (χ2n) is 3.09. The summed E-state index contributed by atoms with van der Waals surface area (Å²) in [6.07, 6.45) is 2.78. The number of hydrogen-bond acceptors (Lipinski definition) is 2. The largest absolute Gasteiger partial charge is 0.496 e. The number of ether oxygens (including phenoxy) is 1. The van der Waals surface area contributed by atoms with Crippen LogP contribution in [-0.2, 0) is 4.79 Å². The molecule has 0 heterocycles. The number of aryl methyl sites for hydroxylation is 1. The van der Waals surface area contributed by atoms with Crippen LogP contribution in [0.5, 0.6) is 5.75 Å². The zero-order valence-electron chi connectivity index (χ0n) is 9.04. The first kappa shape index (κ1) is 11.8. The van der Waals surface area contributed by atoms with E-state index in [1.54, 1.807) is 19.3 Å². The Kier molecular flexibility index (Phi) is 4.12. The number of hydrogen-bond donors (Lipinski definition) is 0. The predicted octanol–water partition coefficient (Wildman–Crippen LogP) is 2.85. The quantitative estimate of drug-likeness (QED) is 0.338. The fourth-order valence-electron chi connectivity index (χ4n) is 1.19. The molecule has 1 aromatic carbocycles. The minimum Gasteiger partial charge on any atom is -0.496 e. The van der Waals surface area contributed by atoms with Gasteiger partial charge in [-0.25, -0.2) is 0 Å². The van der Waals surface area contributed by atoms with E-state index in [0.717, 1.165) is 16.9 Å². The minimum absolute atomic E-state index is 0.623. The van der Waals surface area contributed by atoms with Crippen molar-refractivity contribution in [1.82, 2.24) is 0 Å². The first-order chi connectivity index (χ1) is 7.67. The van der Waals surface area contributed by atoms with Gasteiger partial charge in [0, 0.05) is 4.91 Å². The highest BCUT2D eigenvalue weighted by Gasteiger charge is 1.98. The number of methoxy groups -OCH3 is 1. The molecule has 0 bridgehead atoms. The molecule has 0 N–H and O–H groups in total. The molecule has 0 unspecified atom stereocenters. The number of nitrogens with zero attached hydrogens (tertiary/aromatic N) is 3. The van der Waals surface area contributed by atoms with Crippen LogP contribution in [0.4, 0.5) is 0 Å². The first-order valence-electron chi connectivity index (χ1n) is 4.59. The average Bonchev–Trinajstić information content (AvgIpc) is 2.28. The summed E-state index contributed by atoms with van der Waals surface area (Å²) in [6, 6.07) is 5.53. The van der Waals surface area contributed by atoms with E-state index in [-0.39, 0.29) is 0 Å². The molecular weight excluding hydrogens is 206 g/mol. The maximum absolute atomic E-state index is 10.9. The fourth-order valence-corrected chi connectivity index (χ4v) is 1.19. The zero-order chi connectivity index (χ0) is 12.0. The number of rotatable bonds is 3. The van der Waals surface area contributed by atoms with Crippen LogP contribution in [0.15, 0.2) is 29.4 Å². The Morgan fingerprint density at radius 2 is 2.31 bits per heavy atom. The van der Waals surface area contributed by atoms with E-state index in [1.807, 2.05) is 19.1 Å². The third kappa shape index (κ3) is 3.15. The topological polar surface area (TPSA) is 75.1 Å². The van der Waals surface area contributed by atoms with Gasteiger partial charge in [0.2, 0.25) is 5.91 Å². The summed E-state index contributed by atoms with van der Waals surface area (Å²) in [5, 5.41) is 2.92. The van der Waals surface area contributed by atoms with Gasteiger partial charge in [0.25, 0.3) is 0 Å². The van der Waals surface area contributed by atoms with Crippen molar-refractivity contribution in [1.29, 1.82) is 0 Å². The Bertz CT molecular complexity index is 474. The van der Waals surface area contributed by atoms with Crippen LogP contribution in [0.1, 0.15) is 11.1 Å². The van der Waals surface area contributed by atoms with Crippen molar-refractivity contribution in [2.45, 2.75) is 6.92 Å². The monoisotopic (exact) mass is 217 g/mol. The average molecular weight is 217 g/mol. The van der Waals surface area contributed by atoms with Crippen LogP contribution in [0.25, 0.3) is 16.5 Å². The van der Waals surface area contributed by atoms with Crippen LogP contribution in [-0.4, -0.2) is 13.0 Å². The molecule has 1 rings (SSSR count). The summed E-state index contributed by atoms with van der Waals surface area (Å²) in [5.41, 5.74) is 9.86. The van der Waals surface area contributed by atoms with Crippen molar-refractivity contribution in [2.75, 3.05) is 7.11 Å². The van der Waals surface area contributed by atoms with Crippen LogP contribution in [0.3, 0.4) is 0 Å². The zero-order valence-corrected chi connectivity index (χ0v) is 9.04. The molecule has 1 aromatic rings. The highest BCUT2D eigenvalue weighted by Crippen LogP contribution is 2.19. The highest BCUT2D eigenvalue weighted by atomic mass is 16.5. The maximum atomic E-state index is 10.9. The normalized spacial score (nSPS) is 9.88. The van der Waals surface area contributed by atoms with Crippen LogP contribution in [0.2, 0.25) is 0 Å². The third-order valence-electron chi connectivity index (χ3n) is 1.99. The van der Waals surface area contributed by atoms with Gasteiger partial charge in [0.1, 0.15) is 5.75 Å². The molecule has 0 aliphatic carbocycles. The highest BCUT2D eigenvalue weighted by molar-refractivity contribution is 5.92. The van der Waals surface area contributed by atoms with Gasteiger partial charge in [-0.1, -0.05) is 18.2 Å². The van der Waals surface area contributed by atoms with Crippen LogP contribution < -0.4 is 4.74 Å². The van der Waals surface area contributed by atoms with Gasteiger partial charge >= 0.3 is 0 Å². The van der Waals surface area contributed by atoms with E-state index in [4.69, 9.17) is 10.3 Å². The van der Waals surface area contributed by atoms with Gasteiger partial charge in [-0.3, -0.25) is 4.79 Å². The Balaban J connectivity index is 2.90. The van der Waals surface area contributed by atoms with E-state index in [2.05, 4.69) is 10.0 Å². The van der Waals surface area contributed by atoms with Crippen molar-refractivity contribution in [3.8, 4) is 5.75 Å². The molecule has 0 fully saturated rings. The summed E-state index contributed by atoms with van der Waals surface area (Å²) in [6.45, 7) is 1.93. The van der Waals surface area contributed by atoms with E-state index < -0.39 is 5.91 Å². The third-order valence-corrected chi connectivity index (χ3v) is 1.99. The van der Waals surface area contributed by atoms with E-state index in [0.29, 0.717) is 0 Å². The minimum atomic E-state index is -0.623. The maximum Gasteiger partial charge on any atom is 0.242 e. The molecule has 0 saturated heterocycles. The van der Waals surface area contributed by atoms with E-state index >= 15 is 0 Å². The molecule has 0 saturated carbocycles. The second kappa shape index (κ2) is 5.58. The van der Waals surface area contributed by atoms with Crippen LogP contribution >= 0.6 is 0 Å². The van der Waals surface area contributed by atoms with Gasteiger partial charge in [-0.05, 0) is 40.8 Å². The van der Waals surface area contributed by atoms with E-state index in [9.17, 15) is 4.79 Å². The number of carbonyl (C=O) groups is 1. The Morgan fingerprint density at radius 3 is 2.94 bits per heavy atom. The molecule has 5 nitrogen and oxygen atoms in total. The van der Waals surface area contributed by atoms with Crippen molar-refractivity contribution >= 4 is 12.0 Å². The lowest BCUT2D eigenvalue weighted by molar-refractivity contribution is -0.113. The molecule has 0 aliphatic heterocycles. The Labute approximate surface area is 93.0 Å². The number of benzene rings is 1. The van der Waals surface area contributed by atoms with Gasteiger partial charge in [0.05, 0.1) is 7.11 Å². The molecule has 0 atom stereocenters. The van der Waals surface area contributed by atoms with Crippen molar-refractivity contribution in [3.05, 3.63) is 45.8 Å². The SMILES string of the molecule is COc1cc(/C=C/C(=O)N=[N+]=[N-])ccc1C. The number of carbonyl (C=O) groups excluding carboxylic acids is 1. The summed E-state index contributed by atoms with van der Waals surface area (Å²) in [4.78, 5) is 13.3. The van der Waals surface area contributed by atoms with Crippen LogP contribution in [0, 0.1) is 6.92 Å². The summed E-state index contributed by atoms with van der Waals surface area (Å²) >= 11 is 0. The summed E-state index contributed by atoms with van der Waals surface area (Å²) < 4.78 is 5.14. The molecule has 0 radical (unpaired) electrons. The molecular formula is C11H11N3O2. The first-order valence-corrected chi connectivity index (χ1v) is 4.59. The second-order valence-corrected chi connectivity index (χ2v) is 3.09. The molecule has 1 amide bonds.